The Morgan fingerprint density at radius 2 is 2.04 bits per heavy atom. The maximum Gasteiger partial charge on any atom is 0.325 e. The van der Waals surface area contributed by atoms with Gasteiger partial charge in [0.05, 0.1) is 0 Å². The van der Waals surface area contributed by atoms with Gasteiger partial charge in [-0.3, -0.25) is 4.79 Å². The standard InChI is InChI=1S/C23H27FN2O2/c1-22(2,3)28-21(27)23(13-11-20-25-14-15-26(20)4)12-10-18(24)16-19(23)17-8-6-5-7-9-17/h5-9,14-15,18-19H,10,12,16H2,1-4H3/t18-,19+,23-/m0/s1. The molecule has 3 atom stereocenters. The van der Waals surface area contributed by atoms with Crippen LogP contribution in [0.15, 0.2) is 42.7 Å². The first kappa shape index (κ1) is 20.1. The van der Waals surface area contributed by atoms with Crippen LogP contribution in [0.5, 0.6) is 0 Å². The third kappa shape index (κ3) is 4.27. The van der Waals surface area contributed by atoms with Crippen molar-refractivity contribution in [3.63, 3.8) is 0 Å². The molecule has 0 radical (unpaired) electrons. The molecule has 1 aromatic heterocycles. The quantitative estimate of drug-likeness (QED) is 0.571. The van der Waals surface area contributed by atoms with Crippen LogP contribution < -0.4 is 0 Å². The Bertz CT molecular complexity index is 889. The van der Waals surface area contributed by atoms with Crippen LogP contribution in [-0.2, 0) is 16.6 Å². The van der Waals surface area contributed by atoms with Crippen molar-refractivity contribution >= 4 is 5.97 Å². The minimum absolute atomic E-state index is 0.249. The average Bonchev–Trinajstić information content (AvgIpc) is 3.05. The Labute approximate surface area is 166 Å². The van der Waals surface area contributed by atoms with E-state index in [2.05, 4.69) is 16.8 Å². The van der Waals surface area contributed by atoms with E-state index in [0.717, 1.165) is 5.56 Å². The lowest BCUT2D eigenvalue weighted by Gasteiger charge is -2.41. The molecule has 148 valence electrons. The number of rotatable bonds is 2. The molecule has 1 aliphatic rings. The number of carbonyl (C=O) groups excluding carboxylic acids is 1. The maximum atomic E-state index is 14.4. The van der Waals surface area contributed by atoms with E-state index in [9.17, 15) is 9.18 Å². The molecule has 0 N–H and O–H groups in total. The molecule has 28 heavy (non-hydrogen) atoms. The second-order valence-corrected chi connectivity index (χ2v) is 8.42. The van der Waals surface area contributed by atoms with Crippen molar-refractivity contribution in [1.82, 2.24) is 9.55 Å². The summed E-state index contributed by atoms with van der Waals surface area (Å²) in [4.78, 5) is 17.6. The summed E-state index contributed by atoms with van der Waals surface area (Å²) in [5.41, 5.74) is -0.851. The van der Waals surface area contributed by atoms with E-state index in [1.54, 1.807) is 17.0 Å². The first-order valence-electron chi connectivity index (χ1n) is 9.64. The number of ether oxygens (including phenoxy) is 1. The van der Waals surface area contributed by atoms with Crippen LogP contribution in [0.2, 0.25) is 0 Å². The van der Waals surface area contributed by atoms with Crippen LogP contribution in [0.3, 0.4) is 0 Å². The number of nitrogens with zero attached hydrogens (tertiary/aromatic N) is 2. The molecule has 1 aliphatic carbocycles. The molecule has 3 rings (SSSR count). The van der Waals surface area contributed by atoms with Gasteiger partial charge < -0.3 is 9.30 Å². The summed E-state index contributed by atoms with van der Waals surface area (Å²) < 4.78 is 22.0. The summed E-state index contributed by atoms with van der Waals surface area (Å²) in [6.45, 7) is 5.51. The smallest absolute Gasteiger partial charge is 0.325 e. The van der Waals surface area contributed by atoms with Crippen molar-refractivity contribution in [2.24, 2.45) is 12.5 Å². The van der Waals surface area contributed by atoms with Gasteiger partial charge in [-0.05, 0) is 51.5 Å². The highest BCUT2D eigenvalue weighted by molar-refractivity contribution is 5.83. The molecule has 4 nitrogen and oxygen atoms in total. The number of halogens is 1. The number of aryl methyl sites for hydroxylation is 1. The second kappa shape index (κ2) is 7.79. The fraction of sp³-hybridized carbons (Fsp3) is 0.478. The number of carbonyl (C=O) groups is 1. The number of aromatic nitrogens is 2. The van der Waals surface area contributed by atoms with Crippen molar-refractivity contribution in [3.8, 4) is 11.8 Å². The zero-order valence-electron chi connectivity index (χ0n) is 16.9. The molecular weight excluding hydrogens is 355 g/mol. The first-order valence-corrected chi connectivity index (χ1v) is 9.64. The Morgan fingerprint density at radius 3 is 2.64 bits per heavy atom. The Kier molecular flexibility index (Phi) is 5.60. The van der Waals surface area contributed by atoms with Gasteiger partial charge in [-0.25, -0.2) is 9.37 Å². The third-order valence-electron chi connectivity index (χ3n) is 5.12. The van der Waals surface area contributed by atoms with Crippen LogP contribution in [0.1, 0.15) is 57.3 Å². The molecule has 0 spiro atoms. The van der Waals surface area contributed by atoms with E-state index in [0.29, 0.717) is 12.2 Å². The SMILES string of the molecule is Cn1ccnc1C#C[C@@]1(C(=O)OC(C)(C)C)CC[C@H](F)C[C@@H]1c1ccccc1. The summed E-state index contributed by atoms with van der Waals surface area (Å²) in [7, 11) is 1.85. The van der Waals surface area contributed by atoms with Gasteiger partial charge in [-0.2, -0.15) is 0 Å². The number of esters is 1. The van der Waals surface area contributed by atoms with E-state index in [-0.39, 0.29) is 24.7 Å². The van der Waals surface area contributed by atoms with Gasteiger partial charge in [0.25, 0.3) is 0 Å². The number of imidazole rings is 1. The molecule has 5 heteroatoms. The number of benzene rings is 1. The third-order valence-corrected chi connectivity index (χ3v) is 5.12. The van der Waals surface area contributed by atoms with E-state index in [1.807, 2.05) is 58.2 Å². The molecule has 2 aromatic rings. The van der Waals surface area contributed by atoms with Crippen LogP contribution in [0, 0.1) is 17.3 Å². The fourth-order valence-corrected chi connectivity index (χ4v) is 3.71. The van der Waals surface area contributed by atoms with Crippen LogP contribution in [0.25, 0.3) is 0 Å². The van der Waals surface area contributed by atoms with Gasteiger partial charge in [0.1, 0.15) is 17.2 Å². The minimum Gasteiger partial charge on any atom is -0.459 e. The lowest BCUT2D eigenvalue weighted by atomic mass is 9.63. The molecule has 1 saturated carbocycles. The molecular formula is C23H27FN2O2. The largest absolute Gasteiger partial charge is 0.459 e. The summed E-state index contributed by atoms with van der Waals surface area (Å²) in [5.74, 6) is 6.06. The first-order chi connectivity index (χ1) is 13.2. The lowest BCUT2D eigenvalue weighted by molar-refractivity contribution is -0.167. The minimum atomic E-state index is -1.11. The van der Waals surface area contributed by atoms with Gasteiger partial charge in [0.2, 0.25) is 0 Å². The zero-order chi connectivity index (χ0) is 20.4. The molecule has 1 heterocycles. The van der Waals surface area contributed by atoms with Gasteiger partial charge in [-0.15, -0.1) is 0 Å². The highest BCUT2D eigenvalue weighted by Crippen LogP contribution is 2.49. The summed E-state index contributed by atoms with van der Waals surface area (Å²) in [6, 6.07) is 9.59. The van der Waals surface area contributed by atoms with Crippen molar-refractivity contribution in [2.75, 3.05) is 0 Å². The van der Waals surface area contributed by atoms with Gasteiger partial charge in [0.15, 0.2) is 5.82 Å². The number of alkyl halides is 1. The van der Waals surface area contributed by atoms with Gasteiger partial charge >= 0.3 is 5.97 Å². The average molecular weight is 382 g/mol. The normalized spacial score (nSPS) is 24.9. The summed E-state index contributed by atoms with van der Waals surface area (Å²) in [5, 5.41) is 0. The summed E-state index contributed by atoms with van der Waals surface area (Å²) in [6.07, 6.45) is 3.36. The highest BCUT2D eigenvalue weighted by atomic mass is 19.1. The molecule has 0 amide bonds. The van der Waals surface area contributed by atoms with Crippen LogP contribution >= 0.6 is 0 Å². The predicted octanol–water partition coefficient (Wildman–Crippen LogP) is 4.41. The molecule has 1 aromatic carbocycles. The van der Waals surface area contributed by atoms with E-state index in [4.69, 9.17) is 4.74 Å². The predicted molar refractivity (Wildman–Crippen MR) is 106 cm³/mol. The van der Waals surface area contributed by atoms with Crippen LogP contribution in [0.4, 0.5) is 4.39 Å². The van der Waals surface area contributed by atoms with E-state index in [1.165, 1.54) is 0 Å². The van der Waals surface area contributed by atoms with Crippen LogP contribution in [-0.4, -0.2) is 27.3 Å². The molecule has 0 unspecified atom stereocenters. The Balaban J connectivity index is 2.11. The highest BCUT2D eigenvalue weighted by Gasteiger charge is 2.51. The zero-order valence-corrected chi connectivity index (χ0v) is 16.9. The Hall–Kier alpha value is -2.61. The molecule has 0 bridgehead atoms. The summed E-state index contributed by atoms with van der Waals surface area (Å²) >= 11 is 0. The lowest BCUT2D eigenvalue weighted by Crippen LogP contribution is -2.45. The van der Waals surface area contributed by atoms with Crippen molar-refractivity contribution < 1.29 is 13.9 Å². The van der Waals surface area contributed by atoms with E-state index < -0.39 is 17.2 Å². The van der Waals surface area contributed by atoms with E-state index >= 15 is 0 Å². The van der Waals surface area contributed by atoms with Crippen molar-refractivity contribution in [2.45, 2.75) is 57.7 Å². The maximum absolute atomic E-state index is 14.4. The monoisotopic (exact) mass is 382 g/mol. The number of hydrogen-bond acceptors (Lipinski definition) is 3. The fourth-order valence-electron chi connectivity index (χ4n) is 3.71. The topological polar surface area (TPSA) is 44.1 Å². The number of hydrogen-bond donors (Lipinski definition) is 0. The van der Waals surface area contributed by atoms with Crippen molar-refractivity contribution in [1.29, 1.82) is 0 Å². The molecule has 0 aliphatic heterocycles. The van der Waals surface area contributed by atoms with Gasteiger partial charge in [0, 0.05) is 25.4 Å². The molecule has 0 saturated heterocycles. The van der Waals surface area contributed by atoms with Gasteiger partial charge in [-0.1, -0.05) is 36.3 Å². The van der Waals surface area contributed by atoms with Crippen molar-refractivity contribution in [3.05, 3.63) is 54.1 Å². The molecule has 1 fully saturated rings. The Morgan fingerprint density at radius 1 is 1.32 bits per heavy atom. The second-order valence-electron chi connectivity index (χ2n) is 8.42.